The quantitative estimate of drug-likeness (QED) is 0.429. The number of nitrogens with one attached hydrogen (secondary N) is 1. The Bertz CT molecular complexity index is 1110. The van der Waals surface area contributed by atoms with Crippen molar-refractivity contribution in [3.05, 3.63) is 90.3 Å². The molecule has 7 nitrogen and oxygen atoms in total. The minimum absolute atomic E-state index is 0.333. The van der Waals surface area contributed by atoms with Crippen LogP contribution in [0.5, 0.6) is 0 Å². The normalized spacial score (nSPS) is 11.0. The number of furan rings is 1. The highest BCUT2D eigenvalue weighted by atomic mass is 16.3. The van der Waals surface area contributed by atoms with Crippen molar-refractivity contribution in [3.8, 4) is 16.9 Å². The van der Waals surface area contributed by atoms with E-state index in [1.54, 1.807) is 36.3 Å². The van der Waals surface area contributed by atoms with Gasteiger partial charge in [0.2, 0.25) is 0 Å². The summed E-state index contributed by atoms with van der Waals surface area (Å²) in [5.74, 6) is 0.210. The van der Waals surface area contributed by atoms with Crippen molar-refractivity contribution in [1.82, 2.24) is 20.2 Å². The molecule has 0 aliphatic rings. The Morgan fingerprint density at radius 3 is 2.75 bits per heavy atom. The molecule has 0 fully saturated rings. The van der Waals surface area contributed by atoms with E-state index < -0.39 is 0 Å². The zero-order valence-electron chi connectivity index (χ0n) is 15.1. The highest BCUT2D eigenvalue weighted by Crippen LogP contribution is 2.21. The van der Waals surface area contributed by atoms with E-state index in [9.17, 15) is 4.79 Å². The van der Waals surface area contributed by atoms with Crippen LogP contribution in [-0.2, 0) is 0 Å². The first-order valence-electron chi connectivity index (χ1n) is 8.65. The molecule has 0 aliphatic carbocycles. The number of hydrogen-bond donors (Lipinski definition) is 1. The number of amides is 1. The van der Waals surface area contributed by atoms with Gasteiger partial charge in [-0.25, -0.2) is 10.1 Å². The number of rotatable bonds is 5. The standard InChI is InChI=1S/C21H17N5O2/c1-15-19(9-11-28-15)21(27)24-23-13-17-14-26(18-7-3-2-4-8-18)25-20(17)16-6-5-10-22-12-16/h2-14H,1H3,(H,24,27)/b23-13+. The second-order valence-electron chi connectivity index (χ2n) is 6.04. The summed E-state index contributed by atoms with van der Waals surface area (Å²) in [5, 5.41) is 8.76. The van der Waals surface area contributed by atoms with Gasteiger partial charge in [0.25, 0.3) is 5.91 Å². The van der Waals surface area contributed by atoms with Crippen LogP contribution in [0.4, 0.5) is 0 Å². The van der Waals surface area contributed by atoms with E-state index in [1.807, 2.05) is 48.7 Å². The van der Waals surface area contributed by atoms with E-state index in [1.165, 1.54) is 6.26 Å². The smallest absolute Gasteiger partial charge is 0.274 e. The molecule has 3 aromatic heterocycles. The van der Waals surface area contributed by atoms with E-state index in [0.717, 1.165) is 22.5 Å². The third kappa shape index (κ3) is 3.59. The van der Waals surface area contributed by atoms with E-state index >= 15 is 0 Å². The summed E-state index contributed by atoms with van der Waals surface area (Å²) < 4.78 is 6.92. The SMILES string of the molecule is Cc1occc1C(=O)N/N=C/c1cn(-c2ccccc2)nc1-c1cccnc1. The largest absolute Gasteiger partial charge is 0.469 e. The summed E-state index contributed by atoms with van der Waals surface area (Å²) in [7, 11) is 0. The Morgan fingerprint density at radius 2 is 2.04 bits per heavy atom. The molecule has 3 heterocycles. The molecular weight excluding hydrogens is 354 g/mol. The van der Waals surface area contributed by atoms with E-state index in [2.05, 4.69) is 20.6 Å². The van der Waals surface area contributed by atoms with Crippen LogP contribution in [0, 0.1) is 6.92 Å². The van der Waals surface area contributed by atoms with Gasteiger partial charge in [-0.15, -0.1) is 0 Å². The van der Waals surface area contributed by atoms with Crippen molar-refractivity contribution >= 4 is 12.1 Å². The minimum Gasteiger partial charge on any atom is -0.469 e. The summed E-state index contributed by atoms with van der Waals surface area (Å²) >= 11 is 0. The summed E-state index contributed by atoms with van der Waals surface area (Å²) in [6.07, 6.45) is 8.35. The lowest BCUT2D eigenvalue weighted by molar-refractivity contribution is 0.0953. The van der Waals surface area contributed by atoms with Crippen molar-refractivity contribution < 1.29 is 9.21 Å². The van der Waals surface area contributed by atoms with Gasteiger partial charge in [-0.1, -0.05) is 18.2 Å². The van der Waals surface area contributed by atoms with Crippen LogP contribution in [0.3, 0.4) is 0 Å². The molecule has 7 heteroatoms. The van der Waals surface area contributed by atoms with Crippen LogP contribution in [0.25, 0.3) is 16.9 Å². The molecule has 1 aromatic carbocycles. The Balaban J connectivity index is 1.64. The van der Waals surface area contributed by atoms with Gasteiger partial charge in [-0.3, -0.25) is 9.78 Å². The third-order valence-corrected chi connectivity index (χ3v) is 4.17. The number of pyridine rings is 1. The second-order valence-corrected chi connectivity index (χ2v) is 6.04. The lowest BCUT2D eigenvalue weighted by Crippen LogP contribution is -2.17. The van der Waals surface area contributed by atoms with E-state index in [4.69, 9.17) is 4.42 Å². The molecule has 0 saturated carbocycles. The van der Waals surface area contributed by atoms with Crippen molar-refractivity contribution in [2.75, 3.05) is 0 Å². The second kappa shape index (κ2) is 7.71. The van der Waals surface area contributed by atoms with Gasteiger partial charge < -0.3 is 4.42 Å². The topological polar surface area (TPSA) is 85.3 Å². The summed E-state index contributed by atoms with van der Waals surface area (Å²) in [5.41, 5.74) is 6.22. The number of nitrogens with zero attached hydrogens (tertiary/aromatic N) is 4. The predicted octanol–water partition coefficient (Wildman–Crippen LogP) is 3.60. The molecule has 28 heavy (non-hydrogen) atoms. The number of para-hydroxylation sites is 1. The van der Waals surface area contributed by atoms with Gasteiger partial charge in [0.05, 0.1) is 23.7 Å². The minimum atomic E-state index is -0.333. The van der Waals surface area contributed by atoms with Gasteiger partial charge in [-0.05, 0) is 37.3 Å². The van der Waals surface area contributed by atoms with Crippen LogP contribution in [0.15, 0.2) is 82.9 Å². The number of aromatic nitrogens is 3. The number of benzene rings is 1. The lowest BCUT2D eigenvalue weighted by atomic mass is 10.1. The van der Waals surface area contributed by atoms with Crippen LogP contribution in [-0.4, -0.2) is 26.9 Å². The Labute approximate surface area is 161 Å². The maximum absolute atomic E-state index is 12.2. The molecule has 4 aromatic rings. The molecule has 4 rings (SSSR count). The molecule has 0 saturated heterocycles. The van der Waals surface area contributed by atoms with Crippen LogP contribution in [0.2, 0.25) is 0 Å². The number of carbonyl (C=O) groups excluding carboxylic acids is 1. The number of hydrogen-bond acceptors (Lipinski definition) is 5. The number of carbonyl (C=O) groups is 1. The first-order chi connectivity index (χ1) is 13.7. The zero-order chi connectivity index (χ0) is 19.3. The Hall–Kier alpha value is -4.00. The maximum atomic E-state index is 12.2. The molecule has 1 amide bonds. The van der Waals surface area contributed by atoms with Gasteiger partial charge in [0, 0.05) is 29.7 Å². The first-order valence-corrected chi connectivity index (χ1v) is 8.65. The van der Waals surface area contributed by atoms with Gasteiger partial charge in [0.15, 0.2) is 0 Å². The average molecular weight is 371 g/mol. The van der Waals surface area contributed by atoms with Crippen molar-refractivity contribution in [1.29, 1.82) is 0 Å². The zero-order valence-corrected chi connectivity index (χ0v) is 15.1. The van der Waals surface area contributed by atoms with Gasteiger partial charge in [0.1, 0.15) is 11.5 Å². The molecule has 0 radical (unpaired) electrons. The average Bonchev–Trinajstić information content (AvgIpc) is 3.36. The van der Waals surface area contributed by atoms with E-state index in [0.29, 0.717) is 11.3 Å². The van der Waals surface area contributed by atoms with Crippen LogP contribution < -0.4 is 5.43 Å². The monoisotopic (exact) mass is 371 g/mol. The van der Waals surface area contributed by atoms with Crippen LogP contribution >= 0.6 is 0 Å². The lowest BCUT2D eigenvalue weighted by Gasteiger charge is -2.00. The molecule has 138 valence electrons. The van der Waals surface area contributed by atoms with Gasteiger partial charge >= 0.3 is 0 Å². The van der Waals surface area contributed by atoms with Crippen molar-refractivity contribution in [3.63, 3.8) is 0 Å². The highest BCUT2D eigenvalue weighted by Gasteiger charge is 2.12. The maximum Gasteiger partial charge on any atom is 0.274 e. The molecule has 0 unspecified atom stereocenters. The molecular formula is C21H17N5O2. The molecule has 0 atom stereocenters. The fourth-order valence-electron chi connectivity index (χ4n) is 2.76. The third-order valence-electron chi connectivity index (χ3n) is 4.17. The van der Waals surface area contributed by atoms with Crippen molar-refractivity contribution in [2.24, 2.45) is 5.10 Å². The van der Waals surface area contributed by atoms with Crippen molar-refractivity contribution in [2.45, 2.75) is 6.92 Å². The molecule has 0 aliphatic heterocycles. The van der Waals surface area contributed by atoms with Gasteiger partial charge in [-0.2, -0.15) is 10.2 Å². The number of aryl methyl sites for hydroxylation is 1. The number of hydrazone groups is 1. The highest BCUT2D eigenvalue weighted by molar-refractivity contribution is 5.96. The first kappa shape index (κ1) is 17.4. The Kier molecular flexibility index (Phi) is 4.79. The summed E-state index contributed by atoms with van der Waals surface area (Å²) in [6, 6.07) is 15.1. The fraction of sp³-hybridized carbons (Fsp3) is 0.0476. The van der Waals surface area contributed by atoms with Crippen LogP contribution in [0.1, 0.15) is 21.7 Å². The summed E-state index contributed by atoms with van der Waals surface area (Å²) in [6.45, 7) is 1.73. The molecule has 0 bridgehead atoms. The van der Waals surface area contributed by atoms with E-state index in [-0.39, 0.29) is 5.91 Å². The Morgan fingerprint density at radius 1 is 1.18 bits per heavy atom. The molecule has 0 spiro atoms. The predicted molar refractivity (Wildman–Crippen MR) is 105 cm³/mol. The fourth-order valence-corrected chi connectivity index (χ4v) is 2.76. The molecule has 1 N–H and O–H groups in total. The summed E-state index contributed by atoms with van der Waals surface area (Å²) in [4.78, 5) is 16.3.